The van der Waals surface area contributed by atoms with E-state index in [9.17, 15) is 24.6 Å². The summed E-state index contributed by atoms with van der Waals surface area (Å²) in [7, 11) is 0. The lowest BCUT2D eigenvalue weighted by Crippen LogP contribution is -2.43. The van der Waals surface area contributed by atoms with Crippen LogP contribution in [0.25, 0.3) is 0 Å². The maximum absolute atomic E-state index is 12.4. The van der Waals surface area contributed by atoms with Crippen LogP contribution in [0.5, 0.6) is 0 Å². The molecule has 0 radical (unpaired) electrons. The van der Waals surface area contributed by atoms with E-state index in [0.29, 0.717) is 0 Å². The number of aromatic carboxylic acids is 2. The molecule has 0 fully saturated rings. The molecule has 0 amide bonds. The van der Waals surface area contributed by atoms with Crippen LogP contribution < -0.4 is 10.2 Å². The van der Waals surface area contributed by atoms with Gasteiger partial charge in [-0.2, -0.15) is 0 Å². The molecule has 0 aliphatic rings. The zero-order valence-corrected chi connectivity index (χ0v) is 13.5. The van der Waals surface area contributed by atoms with Crippen LogP contribution in [0.15, 0.2) is 56.7 Å². The van der Waals surface area contributed by atoms with Crippen LogP contribution in [0.2, 0.25) is 0 Å². The highest BCUT2D eigenvalue weighted by atomic mass is 16.9. The molecule has 0 aliphatic carbocycles. The van der Waals surface area contributed by atoms with Crippen molar-refractivity contribution in [3.8, 4) is 0 Å². The standard InChI is InChI=1S/C17H16O9/c1-4-23-10-17(24-5-2,25-6-3)26-16(22)13-8-11(14(18)19)7-12(9-13)15(20)21/h4-9H,1-3,10H2,(H,18,19)(H,20,21)/p-2. The normalized spacial score (nSPS) is 10.2. The highest BCUT2D eigenvalue weighted by Crippen LogP contribution is 2.21. The SMILES string of the molecule is C=COCC(OC=C)(OC=C)OC(=O)c1cc(C(=O)[O-])cc(C(=O)[O-])c1. The molecule has 0 N–H and O–H groups in total. The number of carboxylic acids is 2. The third kappa shape index (κ3) is 5.13. The molecule has 0 heterocycles. The summed E-state index contributed by atoms with van der Waals surface area (Å²) in [6, 6.07) is 2.48. The van der Waals surface area contributed by atoms with E-state index in [1.54, 1.807) is 0 Å². The predicted molar refractivity (Wildman–Crippen MR) is 82.0 cm³/mol. The summed E-state index contributed by atoms with van der Waals surface area (Å²) in [5.41, 5.74) is -1.57. The quantitative estimate of drug-likeness (QED) is 0.295. The van der Waals surface area contributed by atoms with E-state index < -0.39 is 47.2 Å². The van der Waals surface area contributed by atoms with E-state index in [-0.39, 0.29) is 0 Å². The first-order valence-corrected chi connectivity index (χ1v) is 6.89. The fraction of sp³-hybridized carbons (Fsp3) is 0.118. The highest BCUT2D eigenvalue weighted by molar-refractivity contribution is 5.98. The highest BCUT2D eigenvalue weighted by Gasteiger charge is 2.39. The molecule has 0 spiro atoms. The largest absolute Gasteiger partial charge is 0.545 e. The van der Waals surface area contributed by atoms with Gasteiger partial charge in [0.15, 0.2) is 0 Å². The first-order chi connectivity index (χ1) is 12.3. The third-order valence-corrected chi connectivity index (χ3v) is 2.79. The number of hydrogen-bond donors (Lipinski definition) is 0. The molecule has 9 nitrogen and oxygen atoms in total. The minimum Gasteiger partial charge on any atom is -0.545 e. The van der Waals surface area contributed by atoms with Crippen molar-refractivity contribution in [1.82, 2.24) is 0 Å². The van der Waals surface area contributed by atoms with Crippen molar-refractivity contribution in [2.24, 2.45) is 0 Å². The van der Waals surface area contributed by atoms with Crippen molar-refractivity contribution in [3.63, 3.8) is 0 Å². The number of benzene rings is 1. The Kier molecular flexibility index (Phi) is 6.97. The summed E-state index contributed by atoms with van der Waals surface area (Å²) in [4.78, 5) is 34.4. The Hall–Kier alpha value is -3.75. The number of carbonyl (C=O) groups excluding carboxylic acids is 3. The van der Waals surface area contributed by atoms with Crippen LogP contribution in [0.1, 0.15) is 31.1 Å². The molecule has 138 valence electrons. The van der Waals surface area contributed by atoms with Gasteiger partial charge in [0.2, 0.25) is 6.61 Å². The Labute approximate surface area is 148 Å². The van der Waals surface area contributed by atoms with Crippen LogP contribution in [-0.2, 0) is 18.9 Å². The van der Waals surface area contributed by atoms with E-state index in [1.807, 2.05) is 0 Å². The molecule has 0 aliphatic heterocycles. The number of carboxylic acid groups (broad SMARTS) is 2. The first-order valence-electron chi connectivity index (χ1n) is 6.89. The molecule has 1 rings (SSSR count). The average molecular weight is 362 g/mol. The molecule has 0 bridgehead atoms. The lowest BCUT2D eigenvalue weighted by Gasteiger charge is -2.29. The summed E-state index contributed by atoms with van der Waals surface area (Å²) in [5, 5.41) is 22.0. The Bertz CT molecular complexity index is 693. The topological polar surface area (TPSA) is 134 Å². The molecule has 0 atom stereocenters. The molecule has 1 aromatic carbocycles. The minimum atomic E-state index is -2.16. The number of hydrogen-bond acceptors (Lipinski definition) is 9. The van der Waals surface area contributed by atoms with Crippen LogP contribution in [-0.4, -0.2) is 30.5 Å². The van der Waals surface area contributed by atoms with Crippen LogP contribution >= 0.6 is 0 Å². The van der Waals surface area contributed by atoms with Crippen LogP contribution in [0, 0.1) is 0 Å². The molecular formula is C17H14O9-2. The van der Waals surface area contributed by atoms with Crippen LogP contribution in [0.3, 0.4) is 0 Å². The maximum atomic E-state index is 12.4. The number of carbonyl (C=O) groups is 3. The van der Waals surface area contributed by atoms with Gasteiger partial charge in [-0.05, 0) is 29.3 Å². The number of ether oxygens (including phenoxy) is 4. The van der Waals surface area contributed by atoms with Gasteiger partial charge in [-0.15, -0.1) is 0 Å². The van der Waals surface area contributed by atoms with Crippen molar-refractivity contribution in [2.75, 3.05) is 6.61 Å². The van der Waals surface area contributed by atoms with E-state index in [0.717, 1.165) is 37.0 Å². The Balaban J connectivity index is 3.28. The fourth-order valence-electron chi connectivity index (χ4n) is 1.77. The second-order valence-electron chi connectivity index (χ2n) is 4.49. The van der Waals surface area contributed by atoms with E-state index in [2.05, 4.69) is 19.7 Å². The summed E-state index contributed by atoms with van der Waals surface area (Å²) in [5.74, 6) is -6.75. The fourth-order valence-corrected chi connectivity index (χ4v) is 1.77. The van der Waals surface area contributed by atoms with Gasteiger partial charge in [0.05, 0.1) is 36.3 Å². The lowest BCUT2D eigenvalue weighted by molar-refractivity contribution is -0.326. The number of rotatable bonds is 11. The van der Waals surface area contributed by atoms with Gasteiger partial charge in [-0.25, -0.2) is 4.79 Å². The van der Waals surface area contributed by atoms with Gasteiger partial charge in [0.1, 0.15) is 0 Å². The Morgan fingerprint density at radius 2 is 1.35 bits per heavy atom. The monoisotopic (exact) mass is 362 g/mol. The minimum absolute atomic E-state index is 0.436. The zero-order chi connectivity index (χ0) is 19.7. The summed E-state index contributed by atoms with van der Waals surface area (Å²) >= 11 is 0. The molecule has 0 saturated carbocycles. The molecule has 0 saturated heterocycles. The van der Waals surface area contributed by atoms with Gasteiger partial charge < -0.3 is 38.7 Å². The Morgan fingerprint density at radius 3 is 1.73 bits per heavy atom. The molecule has 9 heteroatoms. The second kappa shape index (κ2) is 8.92. The molecule has 26 heavy (non-hydrogen) atoms. The molecule has 0 unspecified atom stereocenters. The van der Waals surface area contributed by atoms with E-state index >= 15 is 0 Å². The third-order valence-electron chi connectivity index (χ3n) is 2.79. The maximum Gasteiger partial charge on any atom is 0.454 e. The summed E-state index contributed by atoms with van der Waals surface area (Å²) < 4.78 is 20.0. The van der Waals surface area contributed by atoms with Gasteiger partial charge in [0, 0.05) is 0 Å². The van der Waals surface area contributed by atoms with Gasteiger partial charge in [-0.1, -0.05) is 19.7 Å². The van der Waals surface area contributed by atoms with Gasteiger partial charge in [-0.3, -0.25) is 0 Å². The number of esters is 1. The zero-order valence-electron chi connectivity index (χ0n) is 13.5. The average Bonchev–Trinajstić information content (AvgIpc) is 2.59. The lowest BCUT2D eigenvalue weighted by atomic mass is 10.1. The van der Waals surface area contributed by atoms with E-state index in [4.69, 9.17) is 18.9 Å². The summed E-state index contributed by atoms with van der Waals surface area (Å²) in [6.45, 7) is 9.44. The van der Waals surface area contributed by atoms with Gasteiger partial charge in [0.25, 0.3) is 0 Å². The summed E-state index contributed by atoms with van der Waals surface area (Å²) in [6.07, 6.45) is 2.81. The molecule has 0 aromatic heterocycles. The van der Waals surface area contributed by atoms with Crippen molar-refractivity contribution in [1.29, 1.82) is 0 Å². The molecular weight excluding hydrogens is 348 g/mol. The second-order valence-corrected chi connectivity index (χ2v) is 4.49. The van der Waals surface area contributed by atoms with E-state index in [1.165, 1.54) is 0 Å². The van der Waals surface area contributed by atoms with Gasteiger partial charge >= 0.3 is 11.9 Å². The van der Waals surface area contributed by atoms with Crippen LogP contribution in [0.4, 0.5) is 0 Å². The van der Waals surface area contributed by atoms with Crippen molar-refractivity contribution in [2.45, 2.75) is 5.97 Å². The smallest absolute Gasteiger partial charge is 0.454 e. The van der Waals surface area contributed by atoms with Crippen molar-refractivity contribution >= 4 is 17.9 Å². The van der Waals surface area contributed by atoms with Crippen molar-refractivity contribution < 1.29 is 43.5 Å². The first kappa shape index (κ1) is 20.3. The molecule has 1 aromatic rings. The predicted octanol–water partition coefficient (Wildman–Crippen LogP) is -0.296. The Morgan fingerprint density at radius 1 is 0.885 bits per heavy atom. The van der Waals surface area contributed by atoms with Crippen molar-refractivity contribution in [3.05, 3.63) is 73.4 Å².